The fourth-order valence-corrected chi connectivity index (χ4v) is 6.15. The number of benzene rings is 1. The lowest BCUT2D eigenvalue weighted by atomic mass is 10.1. The van der Waals surface area contributed by atoms with Gasteiger partial charge in [-0.2, -0.15) is 0 Å². The molecule has 5 rings (SSSR count). The number of thiazole rings is 1. The molecule has 1 saturated carbocycles. The Morgan fingerprint density at radius 2 is 1.97 bits per heavy atom. The molecule has 32 heavy (non-hydrogen) atoms. The maximum atomic E-state index is 12.2. The highest BCUT2D eigenvalue weighted by Crippen LogP contribution is 2.44. The normalized spacial score (nSPS) is 27.5. The van der Waals surface area contributed by atoms with Gasteiger partial charge in [-0.15, -0.1) is 11.3 Å². The lowest BCUT2D eigenvalue weighted by Crippen LogP contribution is -2.35. The molecule has 2 unspecified atom stereocenters. The SMILES string of the molecule is Cc1nc(S(C)=O)nc(NC2C[C@H](CO)[C@H]3OC(C)(C)O[C@@H]23)c1-c1nc2ccccc2s1. The van der Waals surface area contributed by atoms with Crippen LogP contribution in [-0.4, -0.2) is 61.2 Å². The van der Waals surface area contributed by atoms with Gasteiger partial charge in [0, 0.05) is 18.8 Å². The smallest absolute Gasteiger partial charge is 0.220 e. The number of aliphatic hydroxyl groups is 1. The van der Waals surface area contributed by atoms with E-state index in [1.807, 2.05) is 45.0 Å². The van der Waals surface area contributed by atoms with Gasteiger partial charge in [0.1, 0.15) is 16.9 Å². The molecule has 8 nitrogen and oxygen atoms in total. The molecule has 2 fully saturated rings. The summed E-state index contributed by atoms with van der Waals surface area (Å²) in [5.74, 6) is -0.165. The van der Waals surface area contributed by atoms with Gasteiger partial charge >= 0.3 is 0 Å². The third-order valence-corrected chi connectivity index (χ3v) is 7.72. The molecule has 2 N–H and O–H groups in total. The second-order valence-electron chi connectivity index (χ2n) is 8.75. The molecule has 0 spiro atoms. The monoisotopic (exact) mass is 474 g/mol. The van der Waals surface area contributed by atoms with Gasteiger partial charge in [0.15, 0.2) is 5.79 Å². The van der Waals surface area contributed by atoms with Crippen LogP contribution >= 0.6 is 11.3 Å². The van der Waals surface area contributed by atoms with Crippen molar-refractivity contribution in [3.05, 3.63) is 30.0 Å². The van der Waals surface area contributed by atoms with Crippen molar-refractivity contribution < 1.29 is 18.8 Å². The van der Waals surface area contributed by atoms with Gasteiger partial charge < -0.3 is 19.9 Å². The summed E-state index contributed by atoms with van der Waals surface area (Å²) in [4.78, 5) is 13.9. The average Bonchev–Trinajstić information content (AvgIpc) is 3.38. The van der Waals surface area contributed by atoms with Crippen molar-refractivity contribution in [3.63, 3.8) is 0 Å². The molecule has 0 bridgehead atoms. The van der Waals surface area contributed by atoms with Crippen molar-refractivity contribution in [1.82, 2.24) is 15.0 Å². The number of nitrogens with one attached hydrogen (secondary N) is 1. The number of hydrogen-bond donors (Lipinski definition) is 2. The van der Waals surface area contributed by atoms with E-state index in [0.29, 0.717) is 17.9 Å². The van der Waals surface area contributed by atoms with E-state index in [2.05, 4.69) is 15.3 Å². The summed E-state index contributed by atoms with van der Waals surface area (Å²) >= 11 is 1.57. The third kappa shape index (κ3) is 3.84. The number of ether oxygens (including phenoxy) is 2. The molecule has 0 amide bonds. The van der Waals surface area contributed by atoms with Crippen LogP contribution in [0.15, 0.2) is 29.4 Å². The quantitative estimate of drug-likeness (QED) is 0.544. The summed E-state index contributed by atoms with van der Waals surface area (Å²) in [6.07, 6.45) is 1.83. The van der Waals surface area contributed by atoms with Crippen LogP contribution < -0.4 is 5.32 Å². The highest BCUT2D eigenvalue weighted by Gasteiger charge is 2.54. The van der Waals surface area contributed by atoms with E-state index in [4.69, 9.17) is 14.5 Å². The van der Waals surface area contributed by atoms with E-state index < -0.39 is 16.6 Å². The Hall–Kier alpha value is -1.98. The number of para-hydroxylation sites is 1. The van der Waals surface area contributed by atoms with E-state index >= 15 is 0 Å². The van der Waals surface area contributed by atoms with Gasteiger partial charge in [-0.3, -0.25) is 4.21 Å². The zero-order chi connectivity index (χ0) is 22.6. The Balaban J connectivity index is 1.57. The van der Waals surface area contributed by atoms with E-state index in [9.17, 15) is 9.32 Å². The molecule has 170 valence electrons. The highest BCUT2D eigenvalue weighted by molar-refractivity contribution is 7.84. The summed E-state index contributed by atoms with van der Waals surface area (Å²) in [5.41, 5.74) is 2.42. The van der Waals surface area contributed by atoms with Crippen molar-refractivity contribution in [2.75, 3.05) is 18.2 Å². The van der Waals surface area contributed by atoms with Crippen LogP contribution in [0.1, 0.15) is 26.0 Å². The van der Waals surface area contributed by atoms with Crippen molar-refractivity contribution in [1.29, 1.82) is 0 Å². The molecule has 1 saturated heterocycles. The Bertz CT molecular complexity index is 1160. The Morgan fingerprint density at radius 3 is 2.69 bits per heavy atom. The number of aromatic nitrogens is 3. The minimum absolute atomic E-state index is 0.0243. The van der Waals surface area contributed by atoms with Crippen molar-refractivity contribution in [2.45, 2.75) is 56.4 Å². The fraction of sp³-hybridized carbons (Fsp3) is 0.500. The fourth-order valence-electron chi connectivity index (χ4n) is 4.60. The molecule has 0 radical (unpaired) electrons. The first-order valence-corrected chi connectivity index (χ1v) is 12.9. The lowest BCUT2D eigenvalue weighted by Gasteiger charge is -2.24. The number of hydrogen-bond acceptors (Lipinski definition) is 9. The number of anilines is 1. The van der Waals surface area contributed by atoms with Crippen LogP contribution in [0, 0.1) is 12.8 Å². The minimum atomic E-state index is -1.33. The minimum Gasteiger partial charge on any atom is -0.396 e. The van der Waals surface area contributed by atoms with Gasteiger partial charge in [0.25, 0.3) is 0 Å². The maximum Gasteiger partial charge on any atom is 0.220 e. The topological polar surface area (TPSA) is 106 Å². The highest BCUT2D eigenvalue weighted by atomic mass is 32.2. The standard InChI is InChI=1S/C22H26N4O4S2/c1-11-16(20-25-13-7-5-6-8-15(13)31-20)19(26-21(23-11)32(4)28)24-14-9-12(10-27)17-18(14)30-22(2,3)29-17/h5-8,12,14,17-18,27H,9-10H2,1-4H3,(H,23,24,26)/t12-,14?,17-,18+,32?/m1/s1. The number of aliphatic hydroxyl groups excluding tert-OH is 1. The summed E-state index contributed by atoms with van der Waals surface area (Å²) in [7, 11) is -1.33. The first-order valence-electron chi connectivity index (χ1n) is 10.6. The summed E-state index contributed by atoms with van der Waals surface area (Å²) in [6, 6.07) is 7.84. The van der Waals surface area contributed by atoms with Crippen LogP contribution in [-0.2, 0) is 20.3 Å². The predicted molar refractivity (Wildman–Crippen MR) is 124 cm³/mol. The van der Waals surface area contributed by atoms with Gasteiger partial charge in [-0.25, -0.2) is 15.0 Å². The first kappa shape index (κ1) is 21.8. The molecule has 3 aromatic rings. The Kier molecular flexibility index (Phi) is 5.53. The van der Waals surface area contributed by atoms with Gasteiger partial charge in [-0.1, -0.05) is 12.1 Å². The second-order valence-corrected chi connectivity index (χ2v) is 11.1. The van der Waals surface area contributed by atoms with Crippen molar-refractivity contribution >= 4 is 38.2 Å². The van der Waals surface area contributed by atoms with E-state index in [-0.39, 0.29) is 35.9 Å². The predicted octanol–water partition coefficient (Wildman–Crippen LogP) is 3.11. The molecule has 1 aromatic carbocycles. The van der Waals surface area contributed by atoms with Crippen molar-refractivity contribution in [3.8, 4) is 10.6 Å². The Morgan fingerprint density at radius 1 is 1.22 bits per heavy atom. The van der Waals surface area contributed by atoms with Crippen LogP contribution in [0.4, 0.5) is 5.82 Å². The molecular formula is C22H26N4O4S2. The molecular weight excluding hydrogens is 448 g/mol. The first-order chi connectivity index (χ1) is 15.3. The van der Waals surface area contributed by atoms with Crippen LogP contribution in [0.3, 0.4) is 0 Å². The number of aryl methyl sites for hydroxylation is 1. The van der Waals surface area contributed by atoms with Gasteiger partial charge in [0.2, 0.25) is 5.16 Å². The maximum absolute atomic E-state index is 12.2. The largest absolute Gasteiger partial charge is 0.396 e. The third-order valence-electron chi connectivity index (χ3n) is 5.97. The van der Waals surface area contributed by atoms with Gasteiger partial charge in [0.05, 0.1) is 44.4 Å². The summed E-state index contributed by atoms with van der Waals surface area (Å²) < 4.78 is 25.5. The molecule has 2 aliphatic rings. The lowest BCUT2D eigenvalue weighted by molar-refractivity contribution is -0.158. The second kappa shape index (κ2) is 8.11. The van der Waals surface area contributed by atoms with E-state index in [0.717, 1.165) is 20.8 Å². The summed E-state index contributed by atoms with van der Waals surface area (Å²) in [6.45, 7) is 5.68. The van der Waals surface area contributed by atoms with Crippen molar-refractivity contribution in [2.24, 2.45) is 5.92 Å². The Labute approximate surface area is 192 Å². The van der Waals surface area contributed by atoms with Crippen LogP contribution in [0.2, 0.25) is 0 Å². The summed E-state index contributed by atoms with van der Waals surface area (Å²) in [5, 5.41) is 14.5. The number of fused-ring (bicyclic) bond motifs is 2. The van der Waals surface area contributed by atoms with E-state index in [1.165, 1.54) is 0 Å². The molecule has 3 heterocycles. The van der Waals surface area contributed by atoms with Crippen LogP contribution in [0.25, 0.3) is 20.8 Å². The van der Waals surface area contributed by atoms with Gasteiger partial charge in [-0.05, 0) is 39.3 Å². The van der Waals surface area contributed by atoms with Crippen LogP contribution in [0.5, 0.6) is 0 Å². The van der Waals surface area contributed by atoms with E-state index in [1.54, 1.807) is 17.6 Å². The number of rotatable bonds is 5. The zero-order valence-corrected chi connectivity index (χ0v) is 20.0. The molecule has 1 aliphatic carbocycles. The average molecular weight is 475 g/mol. The molecule has 1 aliphatic heterocycles. The number of nitrogens with zero attached hydrogens (tertiary/aromatic N) is 3. The molecule has 5 atom stereocenters. The molecule has 10 heteroatoms. The molecule has 2 aromatic heterocycles. The zero-order valence-electron chi connectivity index (χ0n) is 18.4.